The fraction of sp³-hybridized carbons (Fsp3) is 0.393. The monoisotopic (exact) mass is 557 g/mol. The second-order valence-electron chi connectivity index (χ2n) is 9.69. The van der Waals surface area contributed by atoms with E-state index in [2.05, 4.69) is 16.0 Å². The van der Waals surface area contributed by atoms with Crippen molar-refractivity contribution in [3.8, 4) is 0 Å². The highest BCUT2D eigenvalue weighted by molar-refractivity contribution is 5.93. The lowest BCUT2D eigenvalue weighted by atomic mass is 10.1. The van der Waals surface area contributed by atoms with E-state index in [4.69, 9.17) is 14.2 Å². The third-order valence-electron chi connectivity index (χ3n) is 5.13. The molecule has 0 saturated carbocycles. The lowest BCUT2D eigenvalue weighted by Gasteiger charge is -2.25. The average Bonchev–Trinajstić information content (AvgIpc) is 2.90. The van der Waals surface area contributed by atoms with Crippen molar-refractivity contribution in [2.24, 2.45) is 0 Å². The zero-order chi connectivity index (χ0) is 29.5. The van der Waals surface area contributed by atoms with Crippen LogP contribution in [-0.2, 0) is 41.8 Å². The molecule has 0 aliphatic rings. The summed E-state index contributed by atoms with van der Waals surface area (Å²) in [6.07, 6.45) is -2.00. The molecule has 2 aromatic rings. The Kier molecular flexibility index (Phi) is 12.4. The van der Waals surface area contributed by atoms with Crippen LogP contribution in [-0.4, -0.2) is 59.4 Å². The smallest absolute Gasteiger partial charge is 0.408 e. The number of carbonyl (C=O) groups excluding carboxylic acids is 4. The molecule has 2 aromatic carbocycles. The summed E-state index contributed by atoms with van der Waals surface area (Å²) >= 11 is 0. The van der Waals surface area contributed by atoms with E-state index in [0.717, 1.165) is 0 Å². The molecule has 0 saturated heterocycles. The Bertz CT molecular complexity index is 1130. The van der Waals surface area contributed by atoms with Crippen molar-refractivity contribution in [3.05, 3.63) is 71.8 Å². The van der Waals surface area contributed by atoms with Crippen molar-refractivity contribution in [3.63, 3.8) is 0 Å². The Labute approximate surface area is 232 Å². The molecule has 0 radical (unpaired) electrons. The van der Waals surface area contributed by atoms with Crippen molar-refractivity contribution in [2.45, 2.75) is 64.5 Å². The summed E-state index contributed by atoms with van der Waals surface area (Å²) < 4.78 is 15.4. The Hall–Kier alpha value is -4.61. The molecule has 0 aliphatic carbocycles. The number of carboxylic acid groups (broad SMARTS) is 1. The van der Waals surface area contributed by atoms with Gasteiger partial charge in [-0.25, -0.2) is 14.4 Å². The van der Waals surface area contributed by atoms with E-state index in [1.54, 1.807) is 81.4 Å². The van der Waals surface area contributed by atoms with Gasteiger partial charge in [0.25, 0.3) is 0 Å². The molecule has 0 aromatic heterocycles. The van der Waals surface area contributed by atoms with Crippen molar-refractivity contribution in [2.75, 3.05) is 6.54 Å². The second-order valence-corrected chi connectivity index (χ2v) is 9.69. The SMILES string of the molecule is CC(C)(C)OC(=O)CCCNC(=O)[C@@H](NC(=O)OCc1ccccc1)[C@H](NC(=O)OCc1ccccc1)C(=O)O. The minimum absolute atomic E-state index is 0.00117. The van der Waals surface area contributed by atoms with E-state index in [1.807, 2.05) is 0 Å². The molecule has 12 heteroatoms. The van der Waals surface area contributed by atoms with Crippen molar-refractivity contribution >= 4 is 30.0 Å². The molecule has 3 amide bonds. The molecule has 0 bridgehead atoms. The maximum absolute atomic E-state index is 13.0. The maximum Gasteiger partial charge on any atom is 0.408 e. The first kappa shape index (κ1) is 31.6. The largest absolute Gasteiger partial charge is 0.480 e. The van der Waals surface area contributed by atoms with Gasteiger partial charge in [-0.05, 0) is 38.3 Å². The molecule has 0 spiro atoms. The van der Waals surface area contributed by atoms with Gasteiger partial charge in [-0.15, -0.1) is 0 Å². The van der Waals surface area contributed by atoms with Gasteiger partial charge in [-0.1, -0.05) is 60.7 Å². The lowest BCUT2D eigenvalue weighted by Crippen LogP contribution is -2.61. The molecule has 216 valence electrons. The van der Waals surface area contributed by atoms with Gasteiger partial charge >= 0.3 is 24.1 Å². The number of alkyl carbamates (subject to hydrolysis) is 2. The van der Waals surface area contributed by atoms with Crippen LogP contribution in [0, 0.1) is 0 Å². The predicted molar refractivity (Wildman–Crippen MR) is 143 cm³/mol. The number of esters is 1. The summed E-state index contributed by atoms with van der Waals surface area (Å²) in [7, 11) is 0. The molecule has 0 unspecified atom stereocenters. The summed E-state index contributed by atoms with van der Waals surface area (Å²) in [5.74, 6) is -2.99. The highest BCUT2D eigenvalue weighted by Crippen LogP contribution is 2.09. The summed E-state index contributed by atoms with van der Waals surface area (Å²) in [4.78, 5) is 61.8. The Morgan fingerprint density at radius 2 is 1.25 bits per heavy atom. The van der Waals surface area contributed by atoms with Crippen LogP contribution in [0.25, 0.3) is 0 Å². The van der Waals surface area contributed by atoms with Crippen LogP contribution in [0.1, 0.15) is 44.7 Å². The molecule has 0 aliphatic heterocycles. The van der Waals surface area contributed by atoms with Gasteiger partial charge in [-0.2, -0.15) is 0 Å². The van der Waals surface area contributed by atoms with E-state index >= 15 is 0 Å². The molecule has 2 rings (SSSR count). The Morgan fingerprint density at radius 1 is 0.775 bits per heavy atom. The number of nitrogens with one attached hydrogen (secondary N) is 3. The van der Waals surface area contributed by atoms with Gasteiger partial charge in [0.15, 0.2) is 6.04 Å². The summed E-state index contributed by atoms with van der Waals surface area (Å²) in [6.45, 7) is 4.87. The zero-order valence-electron chi connectivity index (χ0n) is 22.7. The summed E-state index contributed by atoms with van der Waals surface area (Å²) in [5, 5.41) is 16.6. The van der Waals surface area contributed by atoms with Crippen molar-refractivity contribution in [1.29, 1.82) is 0 Å². The highest BCUT2D eigenvalue weighted by atomic mass is 16.6. The highest BCUT2D eigenvalue weighted by Gasteiger charge is 2.37. The number of ether oxygens (including phenoxy) is 3. The molecule has 0 fully saturated rings. The van der Waals surface area contributed by atoms with Gasteiger partial charge in [-0.3, -0.25) is 9.59 Å². The topological polar surface area (TPSA) is 169 Å². The van der Waals surface area contributed by atoms with Crippen LogP contribution >= 0.6 is 0 Å². The molecule has 0 heterocycles. The number of benzene rings is 2. The van der Waals surface area contributed by atoms with E-state index in [9.17, 15) is 29.1 Å². The first-order chi connectivity index (χ1) is 18.9. The lowest BCUT2D eigenvalue weighted by molar-refractivity contribution is -0.155. The van der Waals surface area contributed by atoms with Gasteiger partial charge in [0, 0.05) is 13.0 Å². The van der Waals surface area contributed by atoms with E-state index in [1.165, 1.54) is 0 Å². The van der Waals surface area contributed by atoms with Crippen molar-refractivity contribution < 1.29 is 43.3 Å². The normalized spacial score (nSPS) is 12.3. The first-order valence-electron chi connectivity index (χ1n) is 12.6. The van der Waals surface area contributed by atoms with Crippen LogP contribution in [0.5, 0.6) is 0 Å². The minimum Gasteiger partial charge on any atom is -0.480 e. The first-order valence-corrected chi connectivity index (χ1v) is 12.6. The predicted octanol–water partition coefficient (Wildman–Crippen LogP) is 2.90. The quantitative estimate of drug-likeness (QED) is 0.164. The number of hydrogen-bond acceptors (Lipinski definition) is 8. The van der Waals surface area contributed by atoms with Crippen LogP contribution in [0.2, 0.25) is 0 Å². The van der Waals surface area contributed by atoms with Gasteiger partial charge in [0.2, 0.25) is 5.91 Å². The molecular weight excluding hydrogens is 522 g/mol. The molecule has 4 N–H and O–H groups in total. The van der Waals surface area contributed by atoms with Gasteiger partial charge in [0.1, 0.15) is 24.9 Å². The maximum atomic E-state index is 13.0. The van der Waals surface area contributed by atoms with E-state index in [0.29, 0.717) is 11.1 Å². The number of hydrogen-bond donors (Lipinski definition) is 4. The van der Waals surface area contributed by atoms with Crippen molar-refractivity contribution in [1.82, 2.24) is 16.0 Å². The summed E-state index contributed by atoms with van der Waals surface area (Å²) in [6, 6.07) is 13.7. The fourth-order valence-electron chi connectivity index (χ4n) is 3.32. The number of aliphatic carboxylic acids is 1. The molecule has 12 nitrogen and oxygen atoms in total. The standard InChI is InChI=1S/C28H35N3O9/c1-28(2,3)40-21(32)15-10-16-29-24(33)22(30-26(36)38-17-19-11-6-4-7-12-19)23(25(34)35)31-27(37)39-18-20-13-8-5-9-14-20/h4-9,11-14,22-23H,10,15-18H2,1-3H3,(H,29,33)(H,30,36)(H,31,37)(H,34,35)/t22-,23-/m0/s1. The number of carbonyl (C=O) groups is 5. The number of amides is 3. The Balaban J connectivity index is 2.05. The van der Waals surface area contributed by atoms with Crippen LogP contribution < -0.4 is 16.0 Å². The van der Waals surface area contributed by atoms with Gasteiger partial charge < -0.3 is 35.3 Å². The number of carboxylic acids is 1. The number of rotatable bonds is 13. The van der Waals surface area contributed by atoms with Crippen LogP contribution in [0.15, 0.2) is 60.7 Å². The van der Waals surface area contributed by atoms with Crippen LogP contribution in [0.4, 0.5) is 9.59 Å². The fourth-order valence-corrected chi connectivity index (χ4v) is 3.32. The van der Waals surface area contributed by atoms with Crippen LogP contribution in [0.3, 0.4) is 0 Å². The average molecular weight is 558 g/mol. The van der Waals surface area contributed by atoms with E-state index in [-0.39, 0.29) is 32.6 Å². The minimum atomic E-state index is -1.90. The third kappa shape index (κ3) is 12.3. The third-order valence-corrected chi connectivity index (χ3v) is 5.13. The molecular formula is C28H35N3O9. The summed E-state index contributed by atoms with van der Waals surface area (Å²) in [5.41, 5.74) is 0.662. The molecule has 2 atom stereocenters. The molecule has 40 heavy (non-hydrogen) atoms. The van der Waals surface area contributed by atoms with E-state index < -0.39 is 47.7 Å². The zero-order valence-corrected chi connectivity index (χ0v) is 22.7. The Morgan fingerprint density at radius 3 is 1.70 bits per heavy atom. The second kappa shape index (κ2) is 15.7. The van der Waals surface area contributed by atoms with Gasteiger partial charge in [0.05, 0.1) is 0 Å².